The van der Waals surface area contributed by atoms with Crippen molar-refractivity contribution in [3.8, 4) is 0 Å². The smallest absolute Gasteiger partial charge is 0.227 e. The third kappa shape index (κ3) is 11.1. The zero-order chi connectivity index (χ0) is 12.2. The normalized spacial score (nSPS) is 10.1. The lowest BCUT2D eigenvalue weighted by Crippen LogP contribution is -2.26. The first-order valence-corrected chi connectivity index (χ1v) is 5.49. The van der Waals surface area contributed by atoms with Crippen LogP contribution in [0.1, 0.15) is 26.2 Å². The number of methoxy groups -OCH3 is 1. The molecule has 0 aliphatic carbocycles. The lowest BCUT2D eigenvalue weighted by molar-refractivity contribution is -0.127. The number of nitrogens with one attached hydrogen (secondary N) is 1. The van der Waals surface area contributed by atoms with Crippen LogP contribution in [0.4, 0.5) is 0 Å². The summed E-state index contributed by atoms with van der Waals surface area (Å²) in [5.74, 6) is -0.312. The van der Waals surface area contributed by atoms with Gasteiger partial charge >= 0.3 is 0 Å². The van der Waals surface area contributed by atoms with Gasteiger partial charge in [-0.15, -0.1) is 0 Å². The Kier molecular flexibility index (Phi) is 9.95. The van der Waals surface area contributed by atoms with Crippen LogP contribution in [0.3, 0.4) is 0 Å². The van der Waals surface area contributed by atoms with Gasteiger partial charge in [-0.25, -0.2) is 0 Å². The van der Waals surface area contributed by atoms with Gasteiger partial charge in [0.2, 0.25) is 5.91 Å². The molecular weight excluding hydrogens is 210 g/mol. The Bertz CT molecular complexity index is 206. The minimum atomic E-state index is -0.201. The molecule has 0 saturated carbocycles. The Morgan fingerprint density at radius 1 is 1.12 bits per heavy atom. The zero-order valence-electron chi connectivity index (χ0n) is 10.1. The molecule has 0 saturated heterocycles. The SMILES string of the molecule is COCCOCCCCNC(=O)CC(C)=O. The van der Waals surface area contributed by atoms with Crippen LogP contribution in [0, 0.1) is 0 Å². The molecule has 0 rings (SSSR count). The van der Waals surface area contributed by atoms with E-state index in [1.54, 1.807) is 7.11 Å². The van der Waals surface area contributed by atoms with E-state index in [4.69, 9.17) is 9.47 Å². The third-order valence-corrected chi connectivity index (χ3v) is 1.88. The van der Waals surface area contributed by atoms with Crippen molar-refractivity contribution in [3.05, 3.63) is 0 Å². The number of carbonyl (C=O) groups is 2. The van der Waals surface area contributed by atoms with Crippen molar-refractivity contribution in [3.63, 3.8) is 0 Å². The number of ether oxygens (including phenoxy) is 2. The average molecular weight is 231 g/mol. The van der Waals surface area contributed by atoms with Crippen molar-refractivity contribution in [2.45, 2.75) is 26.2 Å². The predicted molar refractivity (Wildman–Crippen MR) is 60.2 cm³/mol. The highest BCUT2D eigenvalue weighted by Crippen LogP contribution is 1.90. The highest BCUT2D eigenvalue weighted by Gasteiger charge is 2.02. The lowest BCUT2D eigenvalue weighted by Gasteiger charge is -2.05. The number of hydrogen-bond donors (Lipinski definition) is 1. The van der Waals surface area contributed by atoms with Crippen LogP contribution in [-0.4, -0.2) is 45.2 Å². The van der Waals surface area contributed by atoms with E-state index in [0.717, 1.165) is 12.8 Å². The van der Waals surface area contributed by atoms with Gasteiger partial charge in [-0.05, 0) is 19.8 Å². The van der Waals surface area contributed by atoms with Crippen LogP contribution < -0.4 is 5.32 Å². The summed E-state index contributed by atoms with van der Waals surface area (Å²) in [6.45, 7) is 3.89. The van der Waals surface area contributed by atoms with Gasteiger partial charge in [0.15, 0.2) is 0 Å². The number of Topliss-reactive ketones (excluding diaryl/α,β-unsaturated/α-hetero) is 1. The fourth-order valence-electron chi connectivity index (χ4n) is 1.09. The average Bonchev–Trinajstić information content (AvgIpc) is 2.21. The van der Waals surface area contributed by atoms with Crippen molar-refractivity contribution in [1.82, 2.24) is 5.32 Å². The number of hydrogen-bond acceptors (Lipinski definition) is 4. The molecule has 0 fully saturated rings. The van der Waals surface area contributed by atoms with E-state index in [9.17, 15) is 9.59 Å². The van der Waals surface area contributed by atoms with Gasteiger partial charge in [0.05, 0.1) is 19.6 Å². The quantitative estimate of drug-likeness (QED) is 0.440. The summed E-state index contributed by atoms with van der Waals surface area (Å²) < 4.78 is 10.1. The molecule has 5 nitrogen and oxygen atoms in total. The third-order valence-electron chi connectivity index (χ3n) is 1.88. The maximum atomic E-state index is 11.0. The Labute approximate surface area is 96.5 Å². The van der Waals surface area contributed by atoms with Crippen LogP contribution in [0.15, 0.2) is 0 Å². The summed E-state index contributed by atoms with van der Waals surface area (Å²) in [5.41, 5.74) is 0. The molecular formula is C11H21NO4. The molecule has 0 heterocycles. The summed E-state index contributed by atoms with van der Waals surface area (Å²) in [6.07, 6.45) is 1.73. The van der Waals surface area contributed by atoms with E-state index < -0.39 is 0 Å². The highest BCUT2D eigenvalue weighted by atomic mass is 16.5. The Hall–Kier alpha value is -0.940. The van der Waals surface area contributed by atoms with Crippen LogP contribution >= 0.6 is 0 Å². The Morgan fingerprint density at radius 2 is 1.88 bits per heavy atom. The molecule has 16 heavy (non-hydrogen) atoms. The summed E-state index contributed by atoms with van der Waals surface area (Å²) in [6, 6.07) is 0. The molecule has 5 heteroatoms. The lowest BCUT2D eigenvalue weighted by atomic mass is 10.3. The largest absolute Gasteiger partial charge is 0.382 e. The van der Waals surface area contributed by atoms with Crippen molar-refractivity contribution in [2.75, 3.05) is 33.5 Å². The number of ketones is 1. The van der Waals surface area contributed by atoms with Gasteiger partial charge in [-0.2, -0.15) is 0 Å². The van der Waals surface area contributed by atoms with Crippen LogP contribution in [0.25, 0.3) is 0 Å². The van der Waals surface area contributed by atoms with Crippen molar-refractivity contribution in [1.29, 1.82) is 0 Å². The summed E-state index contributed by atoms with van der Waals surface area (Å²) in [7, 11) is 1.63. The molecule has 94 valence electrons. The first kappa shape index (κ1) is 15.1. The van der Waals surface area contributed by atoms with E-state index in [2.05, 4.69) is 5.32 Å². The van der Waals surface area contributed by atoms with Gasteiger partial charge in [-0.3, -0.25) is 9.59 Å². The molecule has 0 bridgehead atoms. The summed E-state index contributed by atoms with van der Waals surface area (Å²) in [5, 5.41) is 2.68. The second-order valence-electron chi connectivity index (χ2n) is 3.54. The topological polar surface area (TPSA) is 64.6 Å². The molecule has 0 spiro atoms. The Balaban J connectivity index is 3.14. The standard InChI is InChI=1S/C11H21NO4/c1-10(13)9-11(14)12-5-3-4-6-16-8-7-15-2/h3-9H2,1-2H3,(H,12,14). The van der Waals surface area contributed by atoms with E-state index >= 15 is 0 Å². The van der Waals surface area contributed by atoms with Gasteiger partial charge in [0.1, 0.15) is 5.78 Å². The molecule has 0 unspecified atom stereocenters. The predicted octanol–water partition coefficient (Wildman–Crippen LogP) is 0.525. The maximum absolute atomic E-state index is 11.0. The van der Waals surface area contributed by atoms with Crippen LogP contribution in [0.2, 0.25) is 0 Å². The Morgan fingerprint density at radius 3 is 2.50 bits per heavy atom. The molecule has 1 N–H and O–H groups in total. The number of rotatable bonds is 10. The summed E-state index contributed by atoms with van der Waals surface area (Å²) >= 11 is 0. The first-order valence-electron chi connectivity index (χ1n) is 5.49. The molecule has 0 aromatic rings. The fraction of sp³-hybridized carbons (Fsp3) is 0.818. The first-order chi connectivity index (χ1) is 7.66. The minimum absolute atomic E-state index is 0.0235. The second kappa shape index (κ2) is 10.6. The van der Waals surface area contributed by atoms with Gasteiger partial charge in [0.25, 0.3) is 0 Å². The zero-order valence-corrected chi connectivity index (χ0v) is 10.1. The maximum Gasteiger partial charge on any atom is 0.227 e. The van der Waals surface area contributed by atoms with Gasteiger partial charge in [0, 0.05) is 20.3 Å². The monoisotopic (exact) mass is 231 g/mol. The van der Waals surface area contributed by atoms with Crippen LogP contribution in [-0.2, 0) is 19.1 Å². The van der Waals surface area contributed by atoms with E-state index in [0.29, 0.717) is 26.4 Å². The van der Waals surface area contributed by atoms with Crippen molar-refractivity contribution < 1.29 is 19.1 Å². The van der Waals surface area contributed by atoms with Gasteiger partial charge in [-0.1, -0.05) is 0 Å². The van der Waals surface area contributed by atoms with Gasteiger partial charge < -0.3 is 14.8 Å². The molecule has 0 aliphatic heterocycles. The highest BCUT2D eigenvalue weighted by molar-refractivity contribution is 5.96. The van der Waals surface area contributed by atoms with Crippen LogP contribution in [0.5, 0.6) is 0 Å². The number of carbonyl (C=O) groups excluding carboxylic acids is 2. The van der Waals surface area contributed by atoms with E-state index in [-0.39, 0.29) is 18.1 Å². The molecule has 0 radical (unpaired) electrons. The molecule has 0 aliphatic rings. The number of amides is 1. The van der Waals surface area contributed by atoms with E-state index in [1.165, 1.54) is 6.92 Å². The second-order valence-corrected chi connectivity index (χ2v) is 3.54. The molecule has 0 atom stereocenters. The number of unbranched alkanes of at least 4 members (excludes halogenated alkanes) is 1. The van der Waals surface area contributed by atoms with Crippen molar-refractivity contribution in [2.24, 2.45) is 0 Å². The minimum Gasteiger partial charge on any atom is -0.382 e. The summed E-state index contributed by atoms with van der Waals surface area (Å²) in [4.78, 5) is 21.6. The fourth-order valence-corrected chi connectivity index (χ4v) is 1.09. The molecule has 0 aromatic carbocycles. The molecule has 0 aromatic heterocycles. The molecule has 1 amide bonds. The van der Waals surface area contributed by atoms with E-state index in [1.807, 2.05) is 0 Å². The van der Waals surface area contributed by atoms with Crippen molar-refractivity contribution >= 4 is 11.7 Å².